The second kappa shape index (κ2) is 7.43. The minimum atomic E-state index is -0.442. The fourth-order valence-electron chi connectivity index (χ4n) is 3.88. The molecule has 0 aliphatic carbocycles. The van der Waals surface area contributed by atoms with Crippen LogP contribution in [-0.4, -0.2) is 24.3 Å². The molecule has 4 heterocycles. The van der Waals surface area contributed by atoms with Gasteiger partial charge in [-0.25, -0.2) is 14.4 Å². The van der Waals surface area contributed by atoms with E-state index in [0.717, 1.165) is 39.5 Å². The first-order valence-corrected chi connectivity index (χ1v) is 9.95. The molecule has 0 atom stereocenters. The van der Waals surface area contributed by atoms with Gasteiger partial charge in [0.15, 0.2) is 5.82 Å². The Bertz CT molecular complexity index is 1430. The number of rotatable bonds is 4. The molecule has 0 aliphatic rings. The lowest BCUT2D eigenvalue weighted by Crippen LogP contribution is -2.02. The molecule has 7 heteroatoms. The number of ether oxygens (including phenoxy) is 1. The van der Waals surface area contributed by atoms with E-state index < -0.39 is 5.82 Å². The van der Waals surface area contributed by atoms with Gasteiger partial charge in [0.25, 0.3) is 0 Å². The molecule has 4 aromatic heterocycles. The maximum absolute atomic E-state index is 15.1. The minimum absolute atomic E-state index is 0.244. The highest BCUT2D eigenvalue weighted by Crippen LogP contribution is 2.32. The zero-order valence-corrected chi connectivity index (χ0v) is 17.4. The van der Waals surface area contributed by atoms with Gasteiger partial charge >= 0.3 is 0 Å². The van der Waals surface area contributed by atoms with Crippen molar-refractivity contribution in [1.29, 1.82) is 0 Å². The molecule has 0 bridgehead atoms. The van der Waals surface area contributed by atoms with E-state index >= 15 is 4.39 Å². The third-order valence-corrected chi connectivity index (χ3v) is 5.31. The monoisotopic (exact) mass is 413 g/mol. The smallest absolute Gasteiger partial charge is 0.154 e. The fourth-order valence-corrected chi connectivity index (χ4v) is 3.88. The van der Waals surface area contributed by atoms with E-state index in [1.54, 1.807) is 18.6 Å². The average molecular weight is 413 g/mol. The molecule has 6 nitrogen and oxygen atoms in total. The van der Waals surface area contributed by atoms with E-state index in [1.165, 1.54) is 6.07 Å². The van der Waals surface area contributed by atoms with Crippen LogP contribution in [0.15, 0.2) is 55.0 Å². The lowest BCUT2D eigenvalue weighted by molar-refractivity contribution is 0.300. The first-order valence-electron chi connectivity index (χ1n) is 9.95. The van der Waals surface area contributed by atoms with E-state index in [-0.39, 0.29) is 12.1 Å². The number of halogens is 1. The average Bonchev–Trinajstić information content (AvgIpc) is 3.12. The summed E-state index contributed by atoms with van der Waals surface area (Å²) in [6.07, 6.45) is 5.23. The van der Waals surface area contributed by atoms with Gasteiger partial charge in [0.2, 0.25) is 0 Å². The molecule has 0 radical (unpaired) electrons. The van der Waals surface area contributed by atoms with Gasteiger partial charge in [-0.05, 0) is 44.5 Å². The van der Waals surface area contributed by atoms with Gasteiger partial charge in [0, 0.05) is 36.3 Å². The summed E-state index contributed by atoms with van der Waals surface area (Å²) in [5, 5.41) is 0. The normalized spacial score (nSPS) is 11.4. The van der Waals surface area contributed by atoms with E-state index in [0.29, 0.717) is 11.3 Å². The predicted octanol–water partition coefficient (Wildman–Crippen LogP) is 4.98. The van der Waals surface area contributed by atoms with E-state index in [2.05, 4.69) is 15.0 Å². The lowest BCUT2D eigenvalue weighted by Gasteiger charge is -2.12. The molecule has 0 saturated carbocycles. The molecule has 0 unspecified atom stereocenters. The molecule has 154 valence electrons. The summed E-state index contributed by atoms with van der Waals surface area (Å²) in [6.45, 7) is 6.04. The molecule has 5 aromatic rings. The number of pyridine rings is 2. The largest absolute Gasteiger partial charge is 0.487 e. The van der Waals surface area contributed by atoms with Crippen molar-refractivity contribution in [3.05, 3.63) is 83.5 Å². The zero-order chi connectivity index (χ0) is 21.5. The summed E-state index contributed by atoms with van der Waals surface area (Å²) in [7, 11) is 0. The number of benzene rings is 1. The summed E-state index contributed by atoms with van der Waals surface area (Å²) in [5.74, 6) is 0.692. The van der Waals surface area contributed by atoms with Crippen molar-refractivity contribution in [1.82, 2.24) is 24.3 Å². The zero-order valence-electron chi connectivity index (χ0n) is 17.4. The maximum atomic E-state index is 15.1. The predicted molar refractivity (Wildman–Crippen MR) is 116 cm³/mol. The summed E-state index contributed by atoms with van der Waals surface area (Å²) >= 11 is 0. The molecule has 0 spiro atoms. The van der Waals surface area contributed by atoms with E-state index in [4.69, 9.17) is 9.72 Å². The molecule has 31 heavy (non-hydrogen) atoms. The Morgan fingerprint density at radius 3 is 2.61 bits per heavy atom. The molecule has 5 rings (SSSR count). The standard InChI is InChI=1S/C24H20FN5O/c1-14-12-26-9-7-19(14)24-29-16(3)23-15(2)28-22-20(25)10-18(11-21(22)30(23)24)31-13-17-6-4-5-8-27-17/h4-12H,13H2,1-3H3. The molecular weight excluding hydrogens is 393 g/mol. The van der Waals surface area contributed by atoms with Gasteiger partial charge < -0.3 is 4.74 Å². The number of hydrogen-bond donors (Lipinski definition) is 0. The Hall–Kier alpha value is -3.87. The molecule has 1 aromatic carbocycles. The van der Waals surface area contributed by atoms with Crippen LogP contribution in [0.4, 0.5) is 4.39 Å². The van der Waals surface area contributed by atoms with Crippen LogP contribution >= 0.6 is 0 Å². The third kappa shape index (κ3) is 3.28. The highest BCUT2D eigenvalue weighted by Gasteiger charge is 2.19. The number of nitrogens with zero attached hydrogens (tertiary/aromatic N) is 5. The Labute approximate surface area is 178 Å². The minimum Gasteiger partial charge on any atom is -0.487 e. The second-order valence-corrected chi connectivity index (χ2v) is 7.48. The summed E-state index contributed by atoms with van der Waals surface area (Å²) in [4.78, 5) is 17.8. The van der Waals surface area contributed by atoms with Crippen molar-refractivity contribution in [2.45, 2.75) is 27.4 Å². The van der Waals surface area contributed by atoms with Crippen LogP contribution in [0.3, 0.4) is 0 Å². The first kappa shape index (κ1) is 19.1. The third-order valence-electron chi connectivity index (χ3n) is 5.31. The van der Waals surface area contributed by atoms with E-state index in [1.807, 2.05) is 55.5 Å². The Kier molecular flexibility index (Phi) is 4.58. The van der Waals surface area contributed by atoms with Gasteiger partial charge in [-0.15, -0.1) is 0 Å². The summed E-state index contributed by atoms with van der Waals surface area (Å²) in [6, 6.07) is 10.7. The fraction of sp³-hybridized carbons (Fsp3) is 0.167. The number of aryl methyl sites for hydroxylation is 3. The van der Waals surface area contributed by atoms with Crippen molar-refractivity contribution < 1.29 is 9.13 Å². The Morgan fingerprint density at radius 1 is 1.00 bits per heavy atom. The molecular formula is C24H20FN5O. The Balaban J connectivity index is 1.74. The first-order chi connectivity index (χ1) is 15.0. The van der Waals surface area contributed by atoms with Crippen LogP contribution in [0, 0.1) is 26.6 Å². The summed E-state index contributed by atoms with van der Waals surface area (Å²) in [5.41, 5.74) is 5.98. The van der Waals surface area contributed by atoms with Gasteiger partial charge in [-0.3, -0.25) is 14.4 Å². The SMILES string of the molecule is Cc1cnccc1-c1nc(C)c2c(C)nc3c(F)cc(OCc4ccccn4)cc3n12. The highest BCUT2D eigenvalue weighted by atomic mass is 19.1. The van der Waals surface area contributed by atoms with Crippen molar-refractivity contribution in [3.8, 4) is 17.1 Å². The molecule has 0 aliphatic heterocycles. The van der Waals surface area contributed by atoms with Crippen molar-refractivity contribution >= 4 is 16.6 Å². The van der Waals surface area contributed by atoms with Crippen molar-refractivity contribution in [3.63, 3.8) is 0 Å². The maximum Gasteiger partial charge on any atom is 0.154 e. The van der Waals surface area contributed by atoms with Gasteiger partial charge in [-0.1, -0.05) is 6.07 Å². The van der Waals surface area contributed by atoms with Crippen molar-refractivity contribution in [2.24, 2.45) is 0 Å². The van der Waals surface area contributed by atoms with Crippen molar-refractivity contribution in [2.75, 3.05) is 0 Å². The van der Waals surface area contributed by atoms with Gasteiger partial charge in [0.05, 0.1) is 28.1 Å². The molecule has 0 fully saturated rings. The molecule has 0 N–H and O–H groups in total. The number of hydrogen-bond acceptors (Lipinski definition) is 5. The molecule has 0 saturated heterocycles. The van der Waals surface area contributed by atoms with Gasteiger partial charge in [-0.2, -0.15) is 0 Å². The van der Waals surface area contributed by atoms with E-state index in [9.17, 15) is 0 Å². The summed E-state index contributed by atoms with van der Waals surface area (Å²) < 4.78 is 22.9. The van der Waals surface area contributed by atoms with Crippen LogP contribution in [0.25, 0.3) is 27.9 Å². The topological polar surface area (TPSA) is 65.2 Å². The lowest BCUT2D eigenvalue weighted by atomic mass is 10.1. The van der Waals surface area contributed by atoms with Crippen LogP contribution in [0.5, 0.6) is 5.75 Å². The van der Waals surface area contributed by atoms with Crippen LogP contribution in [0.1, 0.15) is 22.6 Å². The Morgan fingerprint density at radius 2 is 1.84 bits per heavy atom. The quantitative estimate of drug-likeness (QED) is 0.416. The number of fused-ring (bicyclic) bond motifs is 3. The van der Waals surface area contributed by atoms with Crippen LogP contribution in [-0.2, 0) is 6.61 Å². The number of aromatic nitrogens is 5. The number of imidazole rings is 1. The second-order valence-electron chi connectivity index (χ2n) is 7.48. The molecule has 0 amide bonds. The van der Waals surface area contributed by atoms with Gasteiger partial charge in [0.1, 0.15) is 23.7 Å². The van der Waals surface area contributed by atoms with Crippen LogP contribution < -0.4 is 4.74 Å². The van der Waals surface area contributed by atoms with Crippen LogP contribution in [0.2, 0.25) is 0 Å². The highest BCUT2D eigenvalue weighted by molar-refractivity contribution is 5.85.